The van der Waals surface area contributed by atoms with Crippen LogP contribution in [0.4, 0.5) is 10.5 Å². The molecule has 1 N–H and O–H groups in total. The minimum Gasteiger partial charge on any atom is -0.495 e. The van der Waals surface area contributed by atoms with E-state index >= 15 is 0 Å². The zero-order chi connectivity index (χ0) is 19.6. The van der Waals surface area contributed by atoms with Crippen LogP contribution in [-0.4, -0.2) is 40.2 Å². The quantitative estimate of drug-likeness (QED) is 0.836. The number of amides is 1. The van der Waals surface area contributed by atoms with Crippen molar-refractivity contribution >= 4 is 33.4 Å². The Kier molecular flexibility index (Phi) is 5.48. The molecule has 1 heterocycles. The van der Waals surface area contributed by atoms with Crippen molar-refractivity contribution in [2.75, 3.05) is 25.5 Å². The zero-order valence-corrected chi connectivity index (χ0v) is 16.4. The number of anilines is 1. The third-order valence-electron chi connectivity index (χ3n) is 4.32. The number of rotatable bonds is 4. The van der Waals surface area contributed by atoms with E-state index in [2.05, 4.69) is 4.72 Å². The van der Waals surface area contributed by atoms with Gasteiger partial charge in [0.15, 0.2) is 0 Å². The minimum atomic E-state index is -3.90. The summed E-state index contributed by atoms with van der Waals surface area (Å²) in [5.74, 6) is 0.196. The lowest BCUT2D eigenvalue weighted by atomic mass is 9.99. The molecule has 0 unspecified atom stereocenters. The van der Waals surface area contributed by atoms with Gasteiger partial charge in [0.2, 0.25) is 0 Å². The second-order valence-corrected chi connectivity index (χ2v) is 8.11. The number of sulfonamides is 1. The molecule has 0 atom stereocenters. The lowest BCUT2D eigenvalue weighted by Crippen LogP contribution is -2.35. The number of nitrogens with one attached hydrogen (secondary N) is 1. The number of nitrogens with zero attached hydrogens (tertiary/aromatic N) is 1. The van der Waals surface area contributed by atoms with Crippen LogP contribution in [0.25, 0.3) is 0 Å². The fraction of sp³-hybridized carbons (Fsp3) is 0.278. The number of ether oxygens (including phenoxy) is 2. The Balaban J connectivity index is 1.89. The van der Waals surface area contributed by atoms with Crippen molar-refractivity contribution in [1.82, 2.24) is 4.90 Å². The van der Waals surface area contributed by atoms with Gasteiger partial charge in [-0.15, -0.1) is 0 Å². The summed E-state index contributed by atoms with van der Waals surface area (Å²) in [4.78, 5) is 13.3. The van der Waals surface area contributed by atoms with Gasteiger partial charge in [-0.2, -0.15) is 0 Å². The largest absolute Gasteiger partial charge is 0.495 e. The summed E-state index contributed by atoms with van der Waals surface area (Å²) in [7, 11) is -1.18. The van der Waals surface area contributed by atoms with Gasteiger partial charge in [-0.25, -0.2) is 13.2 Å². The van der Waals surface area contributed by atoms with Crippen molar-refractivity contribution in [2.24, 2.45) is 0 Å². The smallest absolute Gasteiger partial charge is 0.409 e. The van der Waals surface area contributed by atoms with E-state index < -0.39 is 16.1 Å². The van der Waals surface area contributed by atoms with Gasteiger partial charge < -0.3 is 14.4 Å². The highest BCUT2D eigenvalue weighted by Crippen LogP contribution is 2.30. The molecule has 0 fully saturated rings. The molecule has 0 saturated carbocycles. The first-order valence-electron chi connectivity index (χ1n) is 8.15. The molecule has 1 aliphatic heterocycles. The predicted octanol–water partition coefficient (Wildman–Crippen LogP) is 3.27. The highest BCUT2D eigenvalue weighted by molar-refractivity contribution is 7.92. The van der Waals surface area contributed by atoms with Crippen LogP contribution >= 0.6 is 11.6 Å². The molecule has 144 valence electrons. The molecule has 0 radical (unpaired) electrons. The lowest BCUT2D eigenvalue weighted by molar-refractivity contribution is 0.118. The Labute approximate surface area is 162 Å². The first kappa shape index (κ1) is 19.3. The van der Waals surface area contributed by atoms with Crippen LogP contribution in [0, 0.1) is 0 Å². The van der Waals surface area contributed by atoms with Crippen molar-refractivity contribution in [3.05, 3.63) is 52.5 Å². The van der Waals surface area contributed by atoms with E-state index in [-0.39, 0.29) is 15.7 Å². The van der Waals surface area contributed by atoms with Crippen molar-refractivity contribution in [1.29, 1.82) is 0 Å². The maximum Gasteiger partial charge on any atom is 0.409 e. The molecule has 0 saturated heterocycles. The fourth-order valence-corrected chi connectivity index (χ4v) is 4.46. The number of benzene rings is 2. The minimum absolute atomic E-state index is 0.0496. The Hall–Kier alpha value is -2.45. The van der Waals surface area contributed by atoms with E-state index in [4.69, 9.17) is 21.1 Å². The third-order valence-corrected chi connectivity index (χ3v) is 5.96. The summed E-state index contributed by atoms with van der Waals surface area (Å²) < 4.78 is 38.0. The maximum atomic E-state index is 12.8. The summed E-state index contributed by atoms with van der Waals surface area (Å²) in [5.41, 5.74) is 2.32. The third kappa shape index (κ3) is 4.12. The molecule has 0 aliphatic carbocycles. The Morgan fingerprint density at radius 1 is 1.15 bits per heavy atom. The summed E-state index contributed by atoms with van der Waals surface area (Å²) in [6.45, 7) is 0.919. The Morgan fingerprint density at radius 2 is 1.93 bits per heavy atom. The van der Waals surface area contributed by atoms with Crippen LogP contribution in [0.15, 0.2) is 41.3 Å². The molecule has 1 aliphatic rings. The normalized spacial score (nSPS) is 13.7. The average Bonchev–Trinajstić information content (AvgIpc) is 2.66. The highest BCUT2D eigenvalue weighted by Gasteiger charge is 2.23. The molecule has 2 aromatic carbocycles. The zero-order valence-electron chi connectivity index (χ0n) is 14.9. The van der Waals surface area contributed by atoms with Gasteiger partial charge in [-0.1, -0.05) is 17.7 Å². The van der Waals surface area contributed by atoms with Crippen LogP contribution in [-0.2, 0) is 27.7 Å². The van der Waals surface area contributed by atoms with E-state index in [9.17, 15) is 13.2 Å². The Bertz CT molecular complexity index is 978. The predicted molar refractivity (Wildman–Crippen MR) is 102 cm³/mol. The summed E-state index contributed by atoms with van der Waals surface area (Å²) in [6, 6.07) is 9.66. The van der Waals surface area contributed by atoms with Crippen molar-refractivity contribution in [3.8, 4) is 5.75 Å². The molecule has 3 rings (SSSR count). The SMILES string of the molecule is COC(=O)N1CCc2ccc(NS(=O)(=O)c3cc(Cl)ccc3OC)cc2C1. The molecule has 1 amide bonds. The van der Waals surface area contributed by atoms with Gasteiger partial charge in [0.25, 0.3) is 10.0 Å². The standard InChI is InChI=1S/C18H19ClN2O5S/c1-25-16-6-4-14(19)10-17(16)27(23,24)20-15-5-3-12-7-8-21(18(22)26-2)11-13(12)9-15/h3-6,9-10,20H,7-8,11H2,1-2H3. The van der Waals surface area contributed by atoms with Gasteiger partial charge in [-0.3, -0.25) is 4.72 Å². The lowest BCUT2D eigenvalue weighted by Gasteiger charge is -2.28. The van der Waals surface area contributed by atoms with Crippen LogP contribution in [0.2, 0.25) is 5.02 Å². The molecule has 0 bridgehead atoms. The van der Waals surface area contributed by atoms with E-state index in [1.54, 1.807) is 23.1 Å². The molecule has 0 spiro atoms. The number of methoxy groups -OCH3 is 2. The molecule has 9 heteroatoms. The highest BCUT2D eigenvalue weighted by atomic mass is 35.5. The van der Waals surface area contributed by atoms with Gasteiger partial charge in [0.1, 0.15) is 10.6 Å². The van der Waals surface area contributed by atoms with Crippen LogP contribution in [0.5, 0.6) is 5.75 Å². The molecular formula is C18H19ClN2O5S. The molecular weight excluding hydrogens is 392 g/mol. The van der Waals surface area contributed by atoms with Gasteiger partial charge in [0, 0.05) is 23.8 Å². The number of hydrogen-bond donors (Lipinski definition) is 1. The number of hydrogen-bond acceptors (Lipinski definition) is 5. The molecule has 27 heavy (non-hydrogen) atoms. The summed E-state index contributed by atoms with van der Waals surface area (Å²) in [5, 5.41) is 0.287. The maximum absolute atomic E-state index is 12.8. The van der Waals surface area contributed by atoms with Crippen molar-refractivity contribution in [2.45, 2.75) is 17.9 Å². The summed E-state index contributed by atoms with van der Waals surface area (Å²) >= 11 is 5.94. The number of carbonyl (C=O) groups is 1. The summed E-state index contributed by atoms with van der Waals surface area (Å²) in [6.07, 6.45) is 0.273. The molecule has 7 nitrogen and oxygen atoms in total. The van der Waals surface area contributed by atoms with E-state index in [1.807, 2.05) is 6.07 Å². The Morgan fingerprint density at radius 3 is 2.63 bits per heavy atom. The second kappa shape index (κ2) is 7.66. The van der Waals surface area contributed by atoms with E-state index in [0.717, 1.165) is 11.1 Å². The van der Waals surface area contributed by atoms with E-state index in [1.165, 1.54) is 26.4 Å². The number of carbonyl (C=O) groups excluding carboxylic acids is 1. The molecule has 2 aromatic rings. The first-order valence-corrected chi connectivity index (χ1v) is 10.0. The van der Waals surface area contributed by atoms with Crippen LogP contribution in [0.1, 0.15) is 11.1 Å². The van der Waals surface area contributed by atoms with Crippen molar-refractivity contribution < 1.29 is 22.7 Å². The average molecular weight is 411 g/mol. The topological polar surface area (TPSA) is 84.9 Å². The monoisotopic (exact) mass is 410 g/mol. The van der Waals surface area contributed by atoms with Crippen molar-refractivity contribution in [3.63, 3.8) is 0 Å². The second-order valence-electron chi connectivity index (χ2n) is 6.03. The first-order chi connectivity index (χ1) is 12.8. The number of fused-ring (bicyclic) bond motifs is 1. The van der Waals surface area contributed by atoms with Gasteiger partial charge >= 0.3 is 6.09 Å². The van der Waals surface area contributed by atoms with Crippen LogP contribution in [0.3, 0.4) is 0 Å². The fourth-order valence-electron chi connectivity index (χ4n) is 2.98. The van der Waals surface area contributed by atoms with Gasteiger partial charge in [-0.05, 0) is 47.9 Å². The number of halogens is 1. The van der Waals surface area contributed by atoms with Gasteiger partial charge in [0.05, 0.1) is 14.2 Å². The molecule has 0 aromatic heterocycles. The van der Waals surface area contributed by atoms with E-state index in [0.29, 0.717) is 25.2 Å². The van der Waals surface area contributed by atoms with Crippen LogP contribution < -0.4 is 9.46 Å².